The standard InChI is InChI=1S/C12H9Cl2N3O2/c13-9-10(14)15-7-16-11(9)17-12(18)19-6-8-4-2-1-3-5-8/h1-5,7H,6H2,(H,15,16,17,18). The summed E-state index contributed by atoms with van der Waals surface area (Å²) in [5.74, 6) is 0.111. The zero-order valence-corrected chi connectivity index (χ0v) is 11.1. The molecule has 0 fully saturated rings. The maximum atomic E-state index is 11.6. The number of aromatic nitrogens is 2. The predicted octanol–water partition coefficient (Wildman–Crippen LogP) is 3.53. The minimum Gasteiger partial charge on any atom is -0.444 e. The summed E-state index contributed by atoms with van der Waals surface area (Å²) < 4.78 is 5.01. The molecule has 1 aromatic heterocycles. The fraction of sp³-hybridized carbons (Fsp3) is 0.0833. The lowest BCUT2D eigenvalue weighted by atomic mass is 10.2. The topological polar surface area (TPSA) is 64.1 Å². The summed E-state index contributed by atoms with van der Waals surface area (Å²) in [4.78, 5) is 19.0. The van der Waals surface area contributed by atoms with Crippen molar-refractivity contribution in [1.82, 2.24) is 9.97 Å². The molecule has 2 aromatic rings. The third-order valence-corrected chi connectivity index (χ3v) is 2.92. The molecular formula is C12H9Cl2N3O2. The van der Waals surface area contributed by atoms with Crippen LogP contribution in [0.25, 0.3) is 0 Å². The molecule has 98 valence electrons. The first-order chi connectivity index (χ1) is 9.16. The first-order valence-electron chi connectivity index (χ1n) is 5.30. The first kappa shape index (κ1) is 13.6. The van der Waals surface area contributed by atoms with Gasteiger partial charge in [0.05, 0.1) is 0 Å². The van der Waals surface area contributed by atoms with E-state index < -0.39 is 6.09 Å². The smallest absolute Gasteiger partial charge is 0.413 e. The van der Waals surface area contributed by atoms with E-state index in [-0.39, 0.29) is 22.6 Å². The van der Waals surface area contributed by atoms with E-state index in [4.69, 9.17) is 27.9 Å². The molecule has 1 heterocycles. The van der Waals surface area contributed by atoms with Crippen molar-refractivity contribution >= 4 is 35.1 Å². The van der Waals surface area contributed by atoms with E-state index in [1.54, 1.807) is 0 Å². The van der Waals surface area contributed by atoms with Crippen molar-refractivity contribution in [3.63, 3.8) is 0 Å². The molecule has 0 bridgehead atoms. The minimum absolute atomic E-state index is 0.0648. The molecule has 1 amide bonds. The normalized spacial score (nSPS) is 10.0. The van der Waals surface area contributed by atoms with E-state index >= 15 is 0 Å². The van der Waals surface area contributed by atoms with Gasteiger partial charge >= 0.3 is 6.09 Å². The van der Waals surface area contributed by atoms with Crippen LogP contribution >= 0.6 is 23.2 Å². The zero-order valence-electron chi connectivity index (χ0n) is 9.64. The van der Waals surface area contributed by atoms with E-state index in [2.05, 4.69) is 15.3 Å². The summed E-state index contributed by atoms with van der Waals surface area (Å²) in [5, 5.41) is 2.53. The molecule has 19 heavy (non-hydrogen) atoms. The molecule has 0 aliphatic heterocycles. The van der Waals surface area contributed by atoms with Crippen LogP contribution in [0.2, 0.25) is 10.2 Å². The largest absolute Gasteiger partial charge is 0.444 e. The number of nitrogens with zero attached hydrogens (tertiary/aromatic N) is 2. The lowest BCUT2D eigenvalue weighted by Crippen LogP contribution is -2.15. The number of carbonyl (C=O) groups is 1. The molecule has 1 N–H and O–H groups in total. The fourth-order valence-electron chi connectivity index (χ4n) is 1.29. The number of ether oxygens (including phenoxy) is 1. The highest BCUT2D eigenvalue weighted by Gasteiger charge is 2.11. The van der Waals surface area contributed by atoms with E-state index in [0.29, 0.717) is 0 Å². The SMILES string of the molecule is O=C(Nc1ncnc(Cl)c1Cl)OCc1ccccc1. The van der Waals surface area contributed by atoms with Gasteiger partial charge in [-0.15, -0.1) is 0 Å². The van der Waals surface area contributed by atoms with E-state index in [1.807, 2.05) is 30.3 Å². The first-order valence-corrected chi connectivity index (χ1v) is 6.06. The van der Waals surface area contributed by atoms with Crippen molar-refractivity contribution in [1.29, 1.82) is 0 Å². The molecule has 0 saturated heterocycles. The number of halogens is 2. The summed E-state index contributed by atoms with van der Waals surface area (Å²) in [6.07, 6.45) is 0.529. The minimum atomic E-state index is -0.666. The number of carbonyl (C=O) groups excluding carboxylic acids is 1. The Morgan fingerprint density at radius 1 is 1.21 bits per heavy atom. The van der Waals surface area contributed by atoms with Gasteiger partial charge in [-0.2, -0.15) is 0 Å². The Bertz CT molecular complexity index is 578. The van der Waals surface area contributed by atoms with E-state index in [0.717, 1.165) is 5.56 Å². The molecule has 7 heteroatoms. The van der Waals surface area contributed by atoms with Crippen LogP contribution in [-0.2, 0) is 11.3 Å². The quantitative estimate of drug-likeness (QED) is 0.880. The third kappa shape index (κ3) is 3.81. The van der Waals surface area contributed by atoms with Gasteiger partial charge in [0.2, 0.25) is 0 Å². The van der Waals surface area contributed by atoms with Crippen molar-refractivity contribution in [3.05, 3.63) is 52.4 Å². The van der Waals surface area contributed by atoms with Gasteiger partial charge in [0, 0.05) is 0 Å². The Kier molecular flexibility index (Phi) is 4.54. The molecule has 5 nitrogen and oxygen atoms in total. The van der Waals surface area contributed by atoms with Gasteiger partial charge in [-0.05, 0) is 5.56 Å². The Balaban J connectivity index is 1.93. The van der Waals surface area contributed by atoms with Crippen LogP contribution in [0.4, 0.5) is 10.6 Å². The predicted molar refractivity (Wildman–Crippen MR) is 72.3 cm³/mol. The summed E-state index contributed by atoms with van der Waals surface area (Å²) in [6, 6.07) is 9.30. The lowest BCUT2D eigenvalue weighted by Gasteiger charge is -2.07. The lowest BCUT2D eigenvalue weighted by molar-refractivity contribution is 0.155. The van der Waals surface area contributed by atoms with Crippen molar-refractivity contribution < 1.29 is 9.53 Å². The second kappa shape index (κ2) is 6.36. The Morgan fingerprint density at radius 3 is 2.68 bits per heavy atom. The summed E-state index contributed by atoms with van der Waals surface area (Å²) >= 11 is 11.5. The van der Waals surface area contributed by atoms with Crippen molar-refractivity contribution in [2.75, 3.05) is 5.32 Å². The number of rotatable bonds is 3. The highest BCUT2D eigenvalue weighted by Crippen LogP contribution is 2.25. The summed E-state index contributed by atoms with van der Waals surface area (Å²) in [7, 11) is 0. The van der Waals surface area contributed by atoms with Gasteiger partial charge in [0.15, 0.2) is 11.0 Å². The van der Waals surface area contributed by atoms with Crippen LogP contribution in [0.5, 0.6) is 0 Å². The van der Waals surface area contributed by atoms with Gasteiger partial charge in [-0.3, -0.25) is 5.32 Å². The van der Waals surface area contributed by atoms with Crippen LogP contribution in [-0.4, -0.2) is 16.1 Å². The molecule has 0 aliphatic carbocycles. The van der Waals surface area contributed by atoms with Gasteiger partial charge in [0.1, 0.15) is 18.0 Å². The maximum absolute atomic E-state index is 11.6. The molecular weight excluding hydrogens is 289 g/mol. The number of benzene rings is 1. The average molecular weight is 298 g/mol. The van der Waals surface area contributed by atoms with Crippen LogP contribution in [0.3, 0.4) is 0 Å². The second-order valence-corrected chi connectivity index (χ2v) is 4.25. The molecule has 0 aliphatic rings. The van der Waals surface area contributed by atoms with Gasteiger partial charge in [-0.1, -0.05) is 53.5 Å². The van der Waals surface area contributed by atoms with Crippen LogP contribution in [0.1, 0.15) is 5.56 Å². The molecule has 2 rings (SSSR count). The number of nitrogens with one attached hydrogen (secondary N) is 1. The number of amides is 1. The Hall–Kier alpha value is -1.85. The third-order valence-electron chi connectivity index (χ3n) is 2.18. The van der Waals surface area contributed by atoms with Gasteiger partial charge in [0.25, 0.3) is 0 Å². The highest BCUT2D eigenvalue weighted by molar-refractivity contribution is 6.42. The molecule has 0 unspecified atom stereocenters. The van der Waals surface area contributed by atoms with Crippen LogP contribution < -0.4 is 5.32 Å². The highest BCUT2D eigenvalue weighted by atomic mass is 35.5. The average Bonchev–Trinajstić information content (AvgIpc) is 2.43. The van der Waals surface area contributed by atoms with E-state index in [9.17, 15) is 4.79 Å². The maximum Gasteiger partial charge on any atom is 0.413 e. The van der Waals surface area contributed by atoms with Crippen molar-refractivity contribution in [3.8, 4) is 0 Å². The molecule has 1 aromatic carbocycles. The monoisotopic (exact) mass is 297 g/mol. The fourth-order valence-corrected chi connectivity index (χ4v) is 1.57. The molecule has 0 saturated carbocycles. The van der Waals surface area contributed by atoms with Gasteiger partial charge < -0.3 is 4.74 Å². The van der Waals surface area contributed by atoms with Crippen molar-refractivity contribution in [2.45, 2.75) is 6.61 Å². The number of hydrogen-bond donors (Lipinski definition) is 1. The summed E-state index contributed by atoms with van der Waals surface area (Å²) in [5.41, 5.74) is 0.879. The number of hydrogen-bond acceptors (Lipinski definition) is 4. The van der Waals surface area contributed by atoms with Gasteiger partial charge in [-0.25, -0.2) is 14.8 Å². The Labute approximate surface area is 119 Å². The van der Waals surface area contributed by atoms with Crippen LogP contribution in [0, 0.1) is 0 Å². The summed E-state index contributed by atoms with van der Waals surface area (Å²) in [6.45, 7) is 0.156. The zero-order chi connectivity index (χ0) is 13.7. The van der Waals surface area contributed by atoms with Crippen LogP contribution in [0.15, 0.2) is 36.7 Å². The Morgan fingerprint density at radius 2 is 1.95 bits per heavy atom. The van der Waals surface area contributed by atoms with E-state index in [1.165, 1.54) is 6.33 Å². The molecule has 0 atom stereocenters. The molecule has 0 radical (unpaired) electrons. The van der Waals surface area contributed by atoms with Crippen molar-refractivity contribution in [2.24, 2.45) is 0 Å². The second-order valence-electron chi connectivity index (χ2n) is 3.51. The molecule has 0 spiro atoms. The number of anilines is 1.